The highest BCUT2D eigenvalue weighted by Gasteiger charge is 2.32. The molecule has 22 heavy (non-hydrogen) atoms. The summed E-state index contributed by atoms with van der Waals surface area (Å²) in [6.07, 6.45) is 4.51. The zero-order valence-electron chi connectivity index (χ0n) is 12.4. The van der Waals surface area contributed by atoms with Crippen LogP contribution in [0.2, 0.25) is 0 Å². The molecule has 2 N–H and O–H groups in total. The quantitative estimate of drug-likeness (QED) is 0.621. The van der Waals surface area contributed by atoms with Crippen molar-refractivity contribution in [2.75, 3.05) is 6.54 Å². The van der Waals surface area contributed by atoms with Gasteiger partial charge in [-0.25, -0.2) is 4.79 Å². The number of carbonyl (C=O) groups excluding carboxylic acids is 2. The average Bonchev–Trinajstić information content (AvgIpc) is 2.79. The van der Waals surface area contributed by atoms with Crippen molar-refractivity contribution in [2.45, 2.75) is 30.2 Å². The Kier molecular flexibility index (Phi) is 6.35. The molecular weight excluding hydrogens is 351 g/mol. The summed E-state index contributed by atoms with van der Waals surface area (Å²) < 4.78 is 3.09. The molecule has 0 radical (unpaired) electrons. The van der Waals surface area contributed by atoms with Gasteiger partial charge in [0.2, 0.25) is 5.78 Å². The normalized spacial score (nSPS) is 12.5. The third-order valence-electron chi connectivity index (χ3n) is 2.28. The largest absolute Gasteiger partial charge is 0.444 e. The van der Waals surface area contributed by atoms with Crippen molar-refractivity contribution in [3.63, 3.8) is 0 Å². The van der Waals surface area contributed by atoms with Crippen LogP contribution in [0, 0.1) is 0 Å². The van der Waals surface area contributed by atoms with Crippen molar-refractivity contribution in [3.8, 4) is 0 Å². The van der Waals surface area contributed by atoms with Gasteiger partial charge < -0.3 is 15.0 Å². The topological polar surface area (TPSA) is 71.2 Å². The summed E-state index contributed by atoms with van der Waals surface area (Å²) in [6, 6.07) is 1.55. The summed E-state index contributed by atoms with van der Waals surface area (Å²) in [6.45, 7) is 5.63. The van der Waals surface area contributed by atoms with Crippen molar-refractivity contribution in [3.05, 3.63) is 29.6 Å². The van der Waals surface area contributed by atoms with Crippen LogP contribution in [-0.4, -0.2) is 32.8 Å². The molecule has 0 spiro atoms. The molecule has 122 valence electrons. The standard InChI is InChI=1S/C14H17Cl3N2O3/c1-13(2,3)22-12(21)18-6-4-5-9-7-10(19-8-9)11(20)14(15,16)17/h4-5,7-8,19H,6H2,1-3H3,(H,18,21). The maximum atomic E-state index is 11.7. The van der Waals surface area contributed by atoms with Crippen LogP contribution in [0.5, 0.6) is 0 Å². The Bertz CT molecular complexity index is 569. The van der Waals surface area contributed by atoms with Crippen molar-refractivity contribution < 1.29 is 14.3 Å². The molecule has 1 amide bonds. The van der Waals surface area contributed by atoms with Crippen LogP contribution < -0.4 is 5.32 Å². The number of alkyl carbamates (subject to hydrolysis) is 1. The van der Waals surface area contributed by atoms with E-state index in [4.69, 9.17) is 39.5 Å². The van der Waals surface area contributed by atoms with Crippen LogP contribution in [-0.2, 0) is 4.74 Å². The first-order valence-corrected chi connectivity index (χ1v) is 7.56. The lowest BCUT2D eigenvalue weighted by atomic mass is 10.2. The van der Waals surface area contributed by atoms with Crippen LogP contribution in [0.4, 0.5) is 4.79 Å². The van der Waals surface area contributed by atoms with Crippen molar-refractivity contribution in [1.29, 1.82) is 0 Å². The maximum absolute atomic E-state index is 11.7. The monoisotopic (exact) mass is 366 g/mol. The zero-order valence-corrected chi connectivity index (χ0v) is 14.6. The van der Waals surface area contributed by atoms with Crippen molar-refractivity contribution in [1.82, 2.24) is 10.3 Å². The Morgan fingerprint density at radius 3 is 2.50 bits per heavy atom. The van der Waals surface area contributed by atoms with E-state index in [1.54, 1.807) is 45.2 Å². The molecular formula is C14H17Cl3N2O3. The Morgan fingerprint density at radius 2 is 1.95 bits per heavy atom. The zero-order chi connectivity index (χ0) is 17.0. The maximum Gasteiger partial charge on any atom is 0.407 e. The van der Waals surface area contributed by atoms with E-state index < -0.39 is 21.3 Å². The van der Waals surface area contributed by atoms with Crippen molar-refractivity contribution >= 4 is 52.8 Å². The number of ether oxygens (including phenoxy) is 1. The number of Topliss-reactive ketones (excluding diaryl/α,β-unsaturated/α-hetero) is 1. The van der Waals surface area contributed by atoms with Gasteiger partial charge in [-0.2, -0.15) is 0 Å². The van der Waals surface area contributed by atoms with E-state index in [1.807, 2.05) is 0 Å². The van der Waals surface area contributed by atoms with Crippen LogP contribution in [0.15, 0.2) is 18.3 Å². The van der Waals surface area contributed by atoms with Gasteiger partial charge >= 0.3 is 6.09 Å². The first-order chi connectivity index (χ1) is 9.99. The van der Waals surface area contributed by atoms with Gasteiger partial charge in [0, 0.05) is 12.7 Å². The van der Waals surface area contributed by atoms with Crippen LogP contribution in [0.3, 0.4) is 0 Å². The Hall–Kier alpha value is -1.17. The number of amides is 1. The summed E-state index contributed by atoms with van der Waals surface area (Å²) in [5.41, 5.74) is 0.365. The van der Waals surface area contributed by atoms with E-state index in [9.17, 15) is 9.59 Å². The van der Waals surface area contributed by atoms with E-state index >= 15 is 0 Å². The van der Waals surface area contributed by atoms with Gasteiger partial charge in [-0.1, -0.05) is 47.0 Å². The van der Waals surface area contributed by atoms with E-state index in [2.05, 4.69) is 10.3 Å². The molecule has 5 nitrogen and oxygen atoms in total. The molecule has 0 aliphatic rings. The summed E-state index contributed by atoms with van der Waals surface area (Å²) in [5.74, 6) is -0.635. The SMILES string of the molecule is CC(C)(C)OC(=O)NCC=Cc1c[nH]c(C(=O)C(Cl)(Cl)Cl)c1. The van der Waals surface area contributed by atoms with Gasteiger partial charge in [-0.15, -0.1) is 0 Å². The number of carbonyl (C=O) groups is 2. The smallest absolute Gasteiger partial charge is 0.407 e. The molecule has 0 atom stereocenters. The fraction of sp³-hybridized carbons (Fsp3) is 0.429. The average molecular weight is 368 g/mol. The molecule has 1 aromatic heterocycles. The molecule has 0 bridgehead atoms. The number of H-pyrrole nitrogens is 1. The molecule has 0 unspecified atom stereocenters. The number of nitrogens with one attached hydrogen (secondary N) is 2. The van der Waals surface area contributed by atoms with Gasteiger partial charge in [0.05, 0.1) is 5.69 Å². The second-order valence-electron chi connectivity index (χ2n) is 5.46. The second-order valence-corrected chi connectivity index (χ2v) is 7.74. The highest BCUT2D eigenvalue weighted by atomic mass is 35.6. The van der Waals surface area contributed by atoms with E-state index in [0.29, 0.717) is 5.56 Å². The van der Waals surface area contributed by atoms with Gasteiger partial charge in [0.25, 0.3) is 3.79 Å². The van der Waals surface area contributed by atoms with E-state index in [1.165, 1.54) is 0 Å². The Labute approximate surface area is 143 Å². The first-order valence-electron chi connectivity index (χ1n) is 6.42. The molecule has 8 heteroatoms. The number of alkyl halides is 3. The van der Waals surface area contributed by atoms with Crippen LogP contribution in [0.25, 0.3) is 6.08 Å². The lowest BCUT2D eigenvalue weighted by Gasteiger charge is -2.19. The third kappa shape index (κ3) is 6.73. The number of aromatic amines is 1. The number of rotatable bonds is 4. The van der Waals surface area contributed by atoms with Gasteiger partial charge in [0.1, 0.15) is 5.60 Å². The molecule has 0 saturated heterocycles. The predicted octanol–water partition coefficient (Wildman–Crippen LogP) is 4.11. The number of hydrogen-bond acceptors (Lipinski definition) is 3. The third-order valence-corrected chi connectivity index (χ3v) is 2.80. The Morgan fingerprint density at radius 1 is 1.32 bits per heavy atom. The minimum absolute atomic E-state index is 0.194. The number of ketones is 1. The minimum Gasteiger partial charge on any atom is -0.444 e. The van der Waals surface area contributed by atoms with Gasteiger partial charge in [0.15, 0.2) is 0 Å². The summed E-state index contributed by atoms with van der Waals surface area (Å²) in [4.78, 5) is 25.8. The summed E-state index contributed by atoms with van der Waals surface area (Å²) in [7, 11) is 0. The molecule has 0 aliphatic carbocycles. The summed E-state index contributed by atoms with van der Waals surface area (Å²) >= 11 is 16.6. The second kappa shape index (κ2) is 7.40. The Balaban J connectivity index is 2.50. The highest BCUT2D eigenvalue weighted by molar-refractivity contribution is 6.77. The first kappa shape index (κ1) is 18.9. The summed E-state index contributed by atoms with van der Waals surface area (Å²) in [5, 5.41) is 2.57. The van der Waals surface area contributed by atoms with E-state index in [0.717, 1.165) is 0 Å². The lowest BCUT2D eigenvalue weighted by Crippen LogP contribution is -2.32. The fourth-order valence-corrected chi connectivity index (χ4v) is 1.75. The highest BCUT2D eigenvalue weighted by Crippen LogP contribution is 2.30. The van der Waals surface area contributed by atoms with Crippen LogP contribution >= 0.6 is 34.8 Å². The van der Waals surface area contributed by atoms with Gasteiger partial charge in [-0.3, -0.25) is 4.79 Å². The number of hydrogen-bond donors (Lipinski definition) is 2. The molecule has 1 rings (SSSR count). The molecule has 1 heterocycles. The van der Waals surface area contributed by atoms with Crippen LogP contribution in [0.1, 0.15) is 36.8 Å². The molecule has 0 fully saturated rings. The molecule has 1 aromatic rings. The lowest BCUT2D eigenvalue weighted by molar-refractivity contribution is 0.0534. The fourth-order valence-electron chi connectivity index (χ4n) is 1.44. The van der Waals surface area contributed by atoms with Gasteiger partial charge in [-0.05, 0) is 32.4 Å². The molecule has 0 aliphatic heterocycles. The predicted molar refractivity (Wildman–Crippen MR) is 88.7 cm³/mol. The van der Waals surface area contributed by atoms with Crippen molar-refractivity contribution in [2.24, 2.45) is 0 Å². The van der Waals surface area contributed by atoms with E-state index in [-0.39, 0.29) is 12.2 Å². The molecule has 0 aromatic carbocycles. The number of halogens is 3. The number of aromatic nitrogens is 1. The minimum atomic E-state index is -2.00. The molecule has 0 saturated carbocycles.